The van der Waals surface area contributed by atoms with E-state index in [2.05, 4.69) is 9.97 Å². The summed E-state index contributed by atoms with van der Waals surface area (Å²) in [5, 5.41) is 11.6. The van der Waals surface area contributed by atoms with Crippen molar-refractivity contribution in [1.29, 1.82) is 0 Å². The number of rotatable bonds is 3. The van der Waals surface area contributed by atoms with Crippen molar-refractivity contribution in [1.82, 2.24) is 9.97 Å². The fourth-order valence-corrected chi connectivity index (χ4v) is 2.13. The zero-order chi connectivity index (χ0) is 11.5. The number of carboxylic acid groups (broad SMARTS) is 1. The van der Waals surface area contributed by atoms with Crippen LogP contribution in [0.4, 0.5) is 0 Å². The zero-order valence-corrected chi connectivity index (χ0v) is 9.40. The summed E-state index contributed by atoms with van der Waals surface area (Å²) >= 11 is 1.17. The van der Waals surface area contributed by atoms with E-state index in [-0.39, 0.29) is 0 Å². The molecule has 0 fully saturated rings. The number of fused-ring (bicyclic) bond motifs is 1. The molecule has 0 spiro atoms. The molecule has 0 saturated carbocycles. The van der Waals surface area contributed by atoms with Crippen LogP contribution in [-0.4, -0.2) is 21.2 Å². The Labute approximate surface area is 96.7 Å². The summed E-state index contributed by atoms with van der Waals surface area (Å²) in [6.45, 7) is 1.58. The summed E-state index contributed by atoms with van der Waals surface area (Å²) in [5.41, 5.74) is 0.811. The number of nitrogens with zero attached hydrogens (tertiary/aromatic N) is 2. The number of hydrogen-bond acceptors (Lipinski definition) is 5. The monoisotopic (exact) mass is 233 g/mol. The highest BCUT2D eigenvalue weighted by molar-refractivity contribution is 8.00. The summed E-state index contributed by atoms with van der Waals surface area (Å²) in [6, 6.07) is 7.50. The third kappa shape index (κ3) is 2.14. The molecule has 0 saturated heterocycles. The van der Waals surface area contributed by atoms with Crippen molar-refractivity contribution in [3.05, 3.63) is 30.6 Å². The van der Waals surface area contributed by atoms with E-state index in [9.17, 15) is 9.90 Å². The van der Waals surface area contributed by atoms with Gasteiger partial charge >= 0.3 is 0 Å². The van der Waals surface area contributed by atoms with Crippen LogP contribution in [0.3, 0.4) is 0 Å². The predicted octanol–water partition coefficient (Wildman–Crippen LogP) is 0.860. The molecule has 5 heteroatoms. The molecule has 1 aromatic carbocycles. The SMILES string of the molecule is CC(Sc1ncnc2ccccc12)C(=O)[O-]. The minimum atomic E-state index is -1.09. The third-order valence-corrected chi connectivity index (χ3v) is 3.22. The summed E-state index contributed by atoms with van der Waals surface area (Å²) < 4.78 is 0. The number of thioether (sulfide) groups is 1. The molecule has 0 radical (unpaired) electrons. The van der Waals surface area contributed by atoms with Crippen LogP contribution in [0, 0.1) is 0 Å². The summed E-state index contributed by atoms with van der Waals surface area (Å²) in [6.07, 6.45) is 1.44. The maximum atomic E-state index is 10.7. The highest BCUT2D eigenvalue weighted by atomic mass is 32.2. The molecule has 16 heavy (non-hydrogen) atoms. The normalized spacial score (nSPS) is 12.6. The quantitative estimate of drug-likeness (QED) is 0.581. The topological polar surface area (TPSA) is 65.9 Å². The van der Waals surface area contributed by atoms with Gasteiger partial charge in [-0.05, 0) is 13.0 Å². The number of aromatic nitrogens is 2. The van der Waals surface area contributed by atoms with Crippen molar-refractivity contribution in [2.24, 2.45) is 0 Å². The first-order valence-corrected chi connectivity index (χ1v) is 5.63. The second kappa shape index (κ2) is 4.49. The van der Waals surface area contributed by atoms with E-state index in [1.165, 1.54) is 18.1 Å². The molecule has 2 aromatic rings. The molecular formula is C11H9N2O2S-. The molecule has 1 atom stereocenters. The number of hydrogen-bond donors (Lipinski definition) is 0. The molecule has 2 rings (SSSR count). The Bertz CT molecular complexity index is 525. The third-order valence-electron chi connectivity index (χ3n) is 2.13. The van der Waals surface area contributed by atoms with Gasteiger partial charge in [0, 0.05) is 10.6 Å². The molecule has 0 amide bonds. The molecule has 1 aromatic heterocycles. The molecule has 0 bridgehead atoms. The van der Waals surface area contributed by atoms with Crippen LogP contribution in [0.15, 0.2) is 35.6 Å². The number of carbonyl (C=O) groups excluding carboxylic acids is 1. The highest BCUT2D eigenvalue weighted by Crippen LogP contribution is 2.27. The first kappa shape index (κ1) is 10.9. The van der Waals surface area contributed by atoms with Crippen molar-refractivity contribution in [2.75, 3.05) is 0 Å². The van der Waals surface area contributed by atoms with Gasteiger partial charge < -0.3 is 9.90 Å². The minimum Gasteiger partial charge on any atom is -0.549 e. The van der Waals surface area contributed by atoms with Crippen molar-refractivity contribution < 1.29 is 9.90 Å². The summed E-state index contributed by atoms with van der Waals surface area (Å²) in [7, 11) is 0. The standard InChI is InChI=1S/C11H10N2O2S/c1-7(11(14)15)16-10-8-4-2-3-5-9(8)12-6-13-10/h2-7H,1H3,(H,14,15)/p-1. The maximum Gasteiger partial charge on any atom is 0.117 e. The smallest absolute Gasteiger partial charge is 0.117 e. The second-order valence-corrected chi connectivity index (χ2v) is 4.60. The summed E-state index contributed by atoms with van der Waals surface area (Å²) in [4.78, 5) is 18.9. The van der Waals surface area contributed by atoms with Crippen molar-refractivity contribution >= 4 is 28.6 Å². The van der Waals surface area contributed by atoms with E-state index in [1.807, 2.05) is 24.3 Å². The lowest BCUT2D eigenvalue weighted by Gasteiger charge is -2.12. The van der Waals surface area contributed by atoms with Crippen LogP contribution in [-0.2, 0) is 4.79 Å². The highest BCUT2D eigenvalue weighted by Gasteiger charge is 2.09. The van der Waals surface area contributed by atoms with Gasteiger partial charge in [-0.3, -0.25) is 0 Å². The van der Waals surface area contributed by atoms with Crippen molar-refractivity contribution in [3.63, 3.8) is 0 Å². The van der Waals surface area contributed by atoms with E-state index in [1.54, 1.807) is 6.92 Å². The van der Waals surface area contributed by atoms with Crippen LogP contribution in [0.2, 0.25) is 0 Å². The molecule has 4 nitrogen and oxygen atoms in total. The van der Waals surface area contributed by atoms with Crippen molar-refractivity contribution in [3.8, 4) is 0 Å². The van der Waals surface area contributed by atoms with Gasteiger partial charge in [-0.1, -0.05) is 30.0 Å². The Morgan fingerprint density at radius 1 is 1.38 bits per heavy atom. The lowest BCUT2D eigenvalue weighted by Crippen LogP contribution is -2.31. The van der Waals surface area contributed by atoms with E-state index in [4.69, 9.17) is 0 Å². The molecular weight excluding hydrogens is 224 g/mol. The lowest BCUT2D eigenvalue weighted by atomic mass is 10.2. The van der Waals surface area contributed by atoms with Gasteiger partial charge in [0.25, 0.3) is 0 Å². The van der Waals surface area contributed by atoms with Crippen LogP contribution >= 0.6 is 11.8 Å². The Kier molecular flexibility index (Phi) is 3.05. The Morgan fingerprint density at radius 3 is 2.88 bits per heavy atom. The molecule has 0 N–H and O–H groups in total. The van der Waals surface area contributed by atoms with Gasteiger partial charge in [0.05, 0.1) is 11.5 Å². The minimum absolute atomic E-state index is 0.627. The van der Waals surface area contributed by atoms with Crippen molar-refractivity contribution in [2.45, 2.75) is 17.2 Å². The maximum absolute atomic E-state index is 10.7. The second-order valence-electron chi connectivity index (χ2n) is 3.28. The van der Waals surface area contributed by atoms with Gasteiger partial charge in [-0.15, -0.1) is 0 Å². The fourth-order valence-electron chi connectivity index (χ4n) is 1.29. The number of para-hydroxylation sites is 1. The van der Waals surface area contributed by atoms with Crippen LogP contribution in [0.1, 0.15) is 6.92 Å². The molecule has 0 aliphatic carbocycles. The van der Waals surface area contributed by atoms with Crippen LogP contribution in [0.25, 0.3) is 10.9 Å². The lowest BCUT2D eigenvalue weighted by molar-refractivity contribution is -0.304. The predicted molar refractivity (Wildman–Crippen MR) is 59.9 cm³/mol. The van der Waals surface area contributed by atoms with E-state index < -0.39 is 11.2 Å². The zero-order valence-electron chi connectivity index (χ0n) is 8.58. The van der Waals surface area contributed by atoms with E-state index in [0.717, 1.165) is 10.9 Å². The Hall–Kier alpha value is -1.62. The Morgan fingerprint density at radius 2 is 2.12 bits per heavy atom. The van der Waals surface area contributed by atoms with Gasteiger partial charge in [-0.2, -0.15) is 0 Å². The first-order chi connectivity index (χ1) is 7.68. The van der Waals surface area contributed by atoms with Gasteiger partial charge in [-0.25, -0.2) is 9.97 Å². The van der Waals surface area contributed by atoms with Gasteiger partial charge in [0.15, 0.2) is 0 Å². The largest absolute Gasteiger partial charge is 0.549 e. The number of aliphatic carboxylic acids is 1. The van der Waals surface area contributed by atoms with Crippen LogP contribution < -0.4 is 5.11 Å². The van der Waals surface area contributed by atoms with Crippen LogP contribution in [0.5, 0.6) is 0 Å². The fraction of sp³-hybridized carbons (Fsp3) is 0.182. The number of carbonyl (C=O) groups is 1. The molecule has 0 aliphatic rings. The first-order valence-electron chi connectivity index (χ1n) is 4.76. The molecule has 1 unspecified atom stereocenters. The van der Waals surface area contributed by atoms with Gasteiger partial charge in [0.2, 0.25) is 0 Å². The van der Waals surface area contributed by atoms with E-state index in [0.29, 0.717) is 5.03 Å². The number of carboxylic acids is 1. The molecule has 0 aliphatic heterocycles. The van der Waals surface area contributed by atoms with E-state index >= 15 is 0 Å². The number of benzene rings is 1. The molecule has 82 valence electrons. The van der Waals surface area contributed by atoms with Gasteiger partial charge in [0.1, 0.15) is 11.4 Å². The average Bonchev–Trinajstić information content (AvgIpc) is 2.29. The Balaban J connectivity index is 2.41. The summed E-state index contributed by atoms with van der Waals surface area (Å²) in [5.74, 6) is -1.09. The average molecular weight is 233 g/mol. The molecule has 1 heterocycles.